The van der Waals surface area contributed by atoms with Gasteiger partial charge in [0, 0.05) is 25.3 Å². The molecule has 102 valence electrons. The van der Waals surface area contributed by atoms with E-state index in [2.05, 4.69) is 31.0 Å². The second-order valence-electron chi connectivity index (χ2n) is 5.20. The van der Waals surface area contributed by atoms with E-state index in [1.807, 2.05) is 13.1 Å². The highest BCUT2D eigenvalue weighted by atomic mass is 19.1. The maximum Gasteiger partial charge on any atom is 0.125 e. The summed E-state index contributed by atoms with van der Waals surface area (Å²) in [5.41, 5.74) is 0.938. The van der Waals surface area contributed by atoms with Crippen molar-refractivity contribution in [1.82, 2.24) is 5.32 Å². The summed E-state index contributed by atoms with van der Waals surface area (Å²) in [4.78, 5) is 2.15. The summed E-state index contributed by atoms with van der Waals surface area (Å²) in [6.45, 7) is 8.52. The van der Waals surface area contributed by atoms with Gasteiger partial charge >= 0.3 is 0 Å². The fourth-order valence-corrected chi connectivity index (χ4v) is 2.00. The molecular formula is C15H25FN2. The summed E-state index contributed by atoms with van der Waals surface area (Å²) in [6.07, 6.45) is 1.04. The van der Waals surface area contributed by atoms with E-state index in [1.54, 1.807) is 12.1 Å². The van der Waals surface area contributed by atoms with Crippen molar-refractivity contribution in [2.75, 3.05) is 25.0 Å². The van der Waals surface area contributed by atoms with Gasteiger partial charge in [0.05, 0.1) is 0 Å². The van der Waals surface area contributed by atoms with Gasteiger partial charge in [-0.2, -0.15) is 0 Å². The second-order valence-corrected chi connectivity index (χ2v) is 5.20. The molecular weight excluding hydrogens is 227 g/mol. The lowest BCUT2D eigenvalue weighted by Gasteiger charge is -2.30. The molecule has 0 bridgehead atoms. The Morgan fingerprint density at radius 2 is 2.00 bits per heavy atom. The highest BCUT2D eigenvalue weighted by Gasteiger charge is 2.13. The minimum absolute atomic E-state index is 0.177. The summed E-state index contributed by atoms with van der Waals surface area (Å²) >= 11 is 0. The van der Waals surface area contributed by atoms with E-state index in [0.717, 1.165) is 25.2 Å². The summed E-state index contributed by atoms with van der Waals surface area (Å²) in [5.74, 6) is 0.478. The average molecular weight is 252 g/mol. The molecule has 0 aromatic heterocycles. The van der Waals surface area contributed by atoms with Crippen molar-refractivity contribution in [3.05, 3.63) is 30.1 Å². The van der Waals surface area contributed by atoms with Crippen LogP contribution in [0.15, 0.2) is 24.3 Å². The first-order chi connectivity index (χ1) is 8.54. The van der Waals surface area contributed by atoms with Gasteiger partial charge in [-0.05, 0) is 37.1 Å². The highest BCUT2D eigenvalue weighted by Crippen LogP contribution is 2.17. The lowest BCUT2D eigenvalue weighted by molar-refractivity contribution is 0.495. The molecule has 18 heavy (non-hydrogen) atoms. The van der Waals surface area contributed by atoms with Gasteiger partial charge in [-0.25, -0.2) is 4.39 Å². The first-order valence-electron chi connectivity index (χ1n) is 6.73. The Labute approximate surface area is 110 Å². The van der Waals surface area contributed by atoms with Crippen molar-refractivity contribution in [3.63, 3.8) is 0 Å². The molecule has 0 fully saturated rings. The Bertz CT molecular complexity index is 352. The van der Waals surface area contributed by atoms with E-state index in [4.69, 9.17) is 0 Å². The van der Waals surface area contributed by atoms with E-state index < -0.39 is 0 Å². The number of hydrogen-bond acceptors (Lipinski definition) is 2. The predicted octanol–water partition coefficient (Wildman–Crippen LogP) is 3.29. The smallest absolute Gasteiger partial charge is 0.125 e. The lowest BCUT2D eigenvalue weighted by atomic mass is 10.1. The molecule has 0 spiro atoms. The number of rotatable bonds is 7. The van der Waals surface area contributed by atoms with E-state index >= 15 is 0 Å². The highest BCUT2D eigenvalue weighted by molar-refractivity contribution is 5.46. The minimum atomic E-state index is -0.177. The van der Waals surface area contributed by atoms with Gasteiger partial charge in [-0.3, -0.25) is 0 Å². The van der Waals surface area contributed by atoms with Crippen LogP contribution < -0.4 is 10.2 Å². The first kappa shape index (κ1) is 15.0. The minimum Gasteiger partial charge on any atom is -0.370 e. The van der Waals surface area contributed by atoms with E-state index in [-0.39, 0.29) is 5.82 Å². The molecule has 0 radical (unpaired) electrons. The molecule has 0 saturated heterocycles. The molecule has 1 unspecified atom stereocenters. The summed E-state index contributed by atoms with van der Waals surface area (Å²) in [6, 6.07) is 7.18. The molecule has 3 heteroatoms. The summed E-state index contributed by atoms with van der Waals surface area (Å²) in [7, 11) is 2.03. The third-order valence-corrected chi connectivity index (χ3v) is 3.17. The van der Waals surface area contributed by atoms with Crippen LogP contribution in [0.3, 0.4) is 0 Å². The number of nitrogens with zero attached hydrogens (tertiary/aromatic N) is 1. The number of likely N-dealkylation sites (N-methyl/N-ethyl adjacent to an activating group) is 1. The Kier molecular flexibility index (Phi) is 6.13. The maximum atomic E-state index is 13.2. The largest absolute Gasteiger partial charge is 0.370 e. The van der Waals surface area contributed by atoms with Crippen LogP contribution in [0, 0.1) is 11.7 Å². The summed E-state index contributed by atoms with van der Waals surface area (Å²) in [5, 5.41) is 3.47. The van der Waals surface area contributed by atoms with Crippen LogP contribution in [0.5, 0.6) is 0 Å². The van der Waals surface area contributed by atoms with Crippen molar-refractivity contribution in [1.29, 1.82) is 0 Å². The van der Waals surface area contributed by atoms with Crippen LogP contribution in [-0.4, -0.2) is 26.2 Å². The summed E-state index contributed by atoms with van der Waals surface area (Å²) < 4.78 is 13.2. The van der Waals surface area contributed by atoms with Crippen LogP contribution >= 0.6 is 0 Å². The third-order valence-electron chi connectivity index (χ3n) is 3.17. The normalized spacial score (nSPS) is 12.8. The average Bonchev–Trinajstić information content (AvgIpc) is 2.33. The van der Waals surface area contributed by atoms with Gasteiger partial charge in [0.25, 0.3) is 0 Å². The number of hydrogen-bond donors (Lipinski definition) is 1. The van der Waals surface area contributed by atoms with Crippen molar-refractivity contribution < 1.29 is 4.39 Å². The fraction of sp³-hybridized carbons (Fsp3) is 0.600. The van der Waals surface area contributed by atoms with Crippen molar-refractivity contribution in [2.24, 2.45) is 5.92 Å². The Morgan fingerprint density at radius 1 is 1.28 bits per heavy atom. The van der Waals surface area contributed by atoms with E-state index in [1.165, 1.54) is 6.07 Å². The fourth-order valence-electron chi connectivity index (χ4n) is 2.00. The molecule has 0 aliphatic carbocycles. The monoisotopic (exact) mass is 252 g/mol. The molecule has 0 heterocycles. The van der Waals surface area contributed by atoms with Gasteiger partial charge in [-0.15, -0.1) is 0 Å². The third kappa shape index (κ3) is 4.65. The lowest BCUT2D eigenvalue weighted by Crippen LogP contribution is -2.40. The Hall–Kier alpha value is -1.09. The van der Waals surface area contributed by atoms with Gasteiger partial charge in [0.15, 0.2) is 0 Å². The molecule has 1 N–H and O–H groups in total. The molecule has 1 atom stereocenters. The van der Waals surface area contributed by atoms with Crippen LogP contribution in [0.2, 0.25) is 0 Å². The molecule has 2 nitrogen and oxygen atoms in total. The van der Waals surface area contributed by atoms with Crippen molar-refractivity contribution >= 4 is 5.69 Å². The van der Waals surface area contributed by atoms with Gasteiger partial charge in [0.1, 0.15) is 5.82 Å². The van der Waals surface area contributed by atoms with Crippen molar-refractivity contribution in [2.45, 2.75) is 33.2 Å². The van der Waals surface area contributed by atoms with E-state index in [9.17, 15) is 4.39 Å². The van der Waals surface area contributed by atoms with Crippen molar-refractivity contribution in [3.8, 4) is 0 Å². The Balaban J connectivity index is 2.58. The van der Waals surface area contributed by atoms with Crippen LogP contribution in [-0.2, 0) is 0 Å². The van der Waals surface area contributed by atoms with Crippen LogP contribution in [0.1, 0.15) is 27.2 Å². The zero-order chi connectivity index (χ0) is 13.5. The number of halogens is 1. The number of anilines is 1. The zero-order valence-electron chi connectivity index (χ0n) is 11.9. The molecule has 1 rings (SSSR count). The topological polar surface area (TPSA) is 15.3 Å². The Morgan fingerprint density at radius 3 is 2.56 bits per heavy atom. The predicted molar refractivity (Wildman–Crippen MR) is 76.6 cm³/mol. The molecule has 1 aromatic rings. The van der Waals surface area contributed by atoms with E-state index in [0.29, 0.717) is 12.0 Å². The van der Waals surface area contributed by atoms with Gasteiger partial charge < -0.3 is 10.2 Å². The SMILES string of the molecule is CCC(CNCC(C)C)N(C)c1cccc(F)c1. The van der Waals surface area contributed by atoms with Gasteiger partial charge in [0.2, 0.25) is 0 Å². The van der Waals surface area contributed by atoms with Gasteiger partial charge in [-0.1, -0.05) is 26.8 Å². The number of nitrogens with one attached hydrogen (secondary N) is 1. The standard InChI is InChI=1S/C15H25FN2/c1-5-14(11-17-10-12(2)3)18(4)15-8-6-7-13(16)9-15/h6-9,12,14,17H,5,10-11H2,1-4H3. The second kappa shape index (κ2) is 7.37. The first-order valence-corrected chi connectivity index (χ1v) is 6.73. The quantitative estimate of drug-likeness (QED) is 0.801. The molecule has 0 amide bonds. The molecule has 1 aromatic carbocycles. The zero-order valence-corrected chi connectivity index (χ0v) is 11.9. The molecule has 0 saturated carbocycles. The molecule has 0 aliphatic rings. The maximum absolute atomic E-state index is 13.2. The van der Waals surface area contributed by atoms with Crippen LogP contribution in [0.4, 0.5) is 10.1 Å². The number of benzene rings is 1. The molecule has 0 aliphatic heterocycles. The van der Waals surface area contributed by atoms with Crippen LogP contribution in [0.25, 0.3) is 0 Å².